The molecule has 4 atom stereocenters. The fourth-order valence-corrected chi connectivity index (χ4v) is 4.29. The molecule has 4 unspecified atom stereocenters. The number of aliphatic hydroxyl groups is 4. The fourth-order valence-electron chi connectivity index (χ4n) is 4.29. The summed E-state index contributed by atoms with van der Waals surface area (Å²) in [6, 6.07) is 3.88. The quantitative estimate of drug-likeness (QED) is 0.392. The third-order valence-corrected chi connectivity index (χ3v) is 5.87. The molecule has 0 spiro atoms. The van der Waals surface area contributed by atoms with Crippen LogP contribution >= 0.6 is 0 Å². The number of hydrogen-bond donors (Lipinski definition) is 5. The maximum absolute atomic E-state index is 13.5. The third-order valence-electron chi connectivity index (χ3n) is 5.87. The number of anilines is 1. The highest BCUT2D eigenvalue weighted by atomic mass is 16.7. The van der Waals surface area contributed by atoms with Gasteiger partial charge in [-0.15, -0.1) is 0 Å². The van der Waals surface area contributed by atoms with Crippen LogP contribution in [0.2, 0.25) is 0 Å². The van der Waals surface area contributed by atoms with Gasteiger partial charge in [0, 0.05) is 12.2 Å². The molecule has 1 fully saturated rings. The molecule has 0 saturated carbocycles. The summed E-state index contributed by atoms with van der Waals surface area (Å²) in [5.74, 6) is -5.31. The van der Waals surface area contributed by atoms with Crippen LogP contribution in [0.4, 0.5) is 5.69 Å². The van der Waals surface area contributed by atoms with E-state index in [4.69, 9.17) is 18.9 Å². The van der Waals surface area contributed by atoms with Gasteiger partial charge in [-0.3, -0.25) is 9.59 Å². The topological polar surface area (TPSA) is 167 Å². The van der Waals surface area contributed by atoms with Gasteiger partial charge in [-0.05, 0) is 45.4 Å². The molecular formula is C23H28N2O10. The molecule has 190 valence electrons. The van der Waals surface area contributed by atoms with E-state index in [1.54, 1.807) is 39.0 Å². The Kier molecular flexibility index (Phi) is 6.09. The Morgan fingerprint density at radius 3 is 2.54 bits per heavy atom. The molecule has 0 bridgehead atoms. The van der Waals surface area contributed by atoms with Gasteiger partial charge in [-0.2, -0.15) is 0 Å². The molecule has 3 aliphatic heterocycles. The number of carbonyl (C=O) groups is 2. The van der Waals surface area contributed by atoms with Crippen LogP contribution in [0.15, 0.2) is 41.4 Å². The molecule has 1 saturated heterocycles. The van der Waals surface area contributed by atoms with Crippen LogP contribution in [-0.4, -0.2) is 75.0 Å². The summed E-state index contributed by atoms with van der Waals surface area (Å²) in [4.78, 5) is 28.1. The zero-order chi connectivity index (χ0) is 25.7. The highest BCUT2D eigenvalue weighted by molar-refractivity contribution is 6.01. The molecule has 0 aromatic heterocycles. The summed E-state index contributed by atoms with van der Waals surface area (Å²) >= 11 is 0. The van der Waals surface area contributed by atoms with Crippen molar-refractivity contribution in [2.75, 3.05) is 19.0 Å². The first-order valence-electron chi connectivity index (χ1n) is 11.0. The van der Waals surface area contributed by atoms with E-state index in [0.29, 0.717) is 11.4 Å². The third kappa shape index (κ3) is 4.48. The zero-order valence-electron chi connectivity index (χ0n) is 19.6. The van der Waals surface area contributed by atoms with E-state index < -0.39 is 59.3 Å². The molecule has 1 amide bonds. The molecule has 0 radical (unpaired) electrons. The molecule has 0 aliphatic carbocycles. The van der Waals surface area contributed by atoms with Crippen molar-refractivity contribution in [3.05, 3.63) is 47.0 Å². The number of fused-ring (bicyclic) bond motifs is 2. The first-order valence-corrected chi connectivity index (χ1v) is 11.0. The lowest BCUT2D eigenvalue weighted by Gasteiger charge is -2.35. The smallest absolute Gasteiger partial charge is 0.327 e. The van der Waals surface area contributed by atoms with E-state index in [-0.39, 0.29) is 24.4 Å². The zero-order valence-corrected chi connectivity index (χ0v) is 19.6. The second kappa shape index (κ2) is 8.77. The molecule has 35 heavy (non-hydrogen) atoms. The number of methoxy groups -OCH3 is 1. The van der Waals surface area contributed by atoms with Crippen LogP contribution in [0.1, 0.15) is 37.6 Å². The fraction of sp³-hybridized carbons (Fsp3) is 0.478. The number of rotatable bonds is 4. The van der Waals surface area contributed by atoms with Gasteiger partial charge in [-0.1, -0.05) is 0 Å². The standard InChI is InChI=1S/C23H28N2O10/c1-23(2,3)35-20(30)11-7-8-25-14(11)18(33-22-17(28)15(26)16(27)21(31)34-22)24-13-6-5-10(32-4)9-12(13)19(25)29/h5-6,9,11,14,18,22,24,26-28,31H,7-8H2,1-4H3. The minimum absolute atomic E-state index is 0.218. The van der Waals surface area contributed by atoms with Gasteiger partial charge in [0.15, 0.2) is 6.23 Å². The molecule has 12 nitrogen and oxygen atoms in total. The molecule has 5 N–H and O–H groups in total. The second-order valence-electron chi connectivity index (χ2n) is 9.37. The predicted octanol–water partition coefficient (Wildman–Crippen LogP) is 2.60. The highest BCUT2D eigenvalue weighted by Gasteiger charge is 2.51. The lowest BCUT2D eigenvalue weighted by molar-refractivity contribution is -0.184. The number of amides is 1. The largest absolute Gasteiger partial charge is 0.503 e. The molecule has 4 rings (SSSR count). The maximum Gasteiger partial charge on any atom is 0.327 e. The summed E-state index contributed by atoms with van der Waals surface area (Å²) in [5, 5.41) is 42.6. The van der Waals surface area contributed by atoms with Crippen LogP contribution < -0.4 is 10.1 Å². The van der Waals surface area contributed by atoms with E-state index in [1.165, 1.54) is 12.0 Å². The van der Waals surface area contributed by atoms with Crippen molar-refractivity contribution in [3.8, 4) is 5.75 Å². The number of carbonyl (C=O) groups excluding carboxylic acids is 2. The maximum atomic E-state index is 13.5. The van der Waals surface area contributed by atoms with Crippen molar-refractivity contribution in [2.45, 2.75) is 51.4 Å². The first-order chi connectivity index (χ1) is 16.4. The van der Waals surface area contributed by atoms with Gasteiger partial charge in [0.05, 0.1) is 24.6 Å². The lowest BCUT2D eigenvalue weighted by Crippen LogP contribution is -2.52. The highest BCUT2D eigenvalue weighted by Crippen LogP contribution is 2.38. The molecule has 1 aromatic rings. The Bertz CT molecular complexity index is 1110. The van der Waals surface area contributed by atoms with E-state index in [1.807, 2.05) is 0 Å². The van der Waals surface area contributed by atoms with Crippen LogP contribution in [0.5, 0.6) is 5.75 Å². The Morgan fingerprint density at radius 1 is 1.17 bits per heavy atom. The molecular weight excluding hydrogens is 464 g/mol. The van der Waals surface area contributed by atoms with Gasteiger partial charge in [0.2, 0.25) is 17.3 Å². The molecule has 3 heterocycles. The number of nitrogens with zero attached hydrogens (tertiary/aromatic N) is 1. The van der Waals surface area contributed by atoms with Gasteiger partial charge < -0.3 is 49.6 Å². The number of benzene rings is 1. The monoisotopic (exact) mass is 492 g/mol. The van der Waals surface area contributed by atoms with Gasteiger partial charge in [0.25, 0.3) is 12.2 Å². The Hall–Kier alpha value is -3.80. The van der Waals surface area contributed by atoms with Crippen LogP contribution in [0.25, 0.3) is 0 Å². The normalized spacial score (nSPS) is 26.4. The molecule has 3 aliphatic rings. The van der Waals surface area contributed by atoms with Crippen molar-refractivity contribution in [1.29, 1.82) is 0 Å². The van der Waals surface area contributed by atoms with Crippen molar-refractivity contribution in [2.24, 2.45) is 5.92 Å². The molecule has 12 heteroatoms. The first kappa shape index (κ1) is 24.3. The number of hydrogen-bond acceptors (Lipinski definition) is 11. The average Bonchev–Trinajstić information content (AvgIpc) is 3.20. The van der Waals surface area contributed by atoms with Crippen molar-refractivity contribution in [1.82, 2.24) is 4.90 Å². The second-order valence-corrected chi connectivity index (χ2v) is 9.37. The van der Waals surface area contributed by atoms with Gasteiger partial charge in [0.1, 0.15) is 11.4 Å². The SMILES string of the molecule is COc1ccc2c(c1)C(=O)N1CCC(C(=O)OC(C)(C)C)C1C(OC1OC(O)=C(O)C(O)=C1O)N2. The summed E-state index contributed by atoms with van der Waals surface area (Å²) in [6.45, 7) is 5.41. The minimum atomic E-state index is -1.75. The molecule has 1 aromatic carbocycles. The lowest BCUT2D eigenvalue weighted by atomic mass is 9.98. The predicted molar refractivity (Wildman–Crippen MR) is 120 cm³/mol. The van der Waals surface area contributed by atoms with Crippen LogP contribution in [0.3, 0.4) is 0 Å². The Morgan fingerprint density at radius 2 is 1.89 bits per heavy atom. The van der Waals surface area contributed by atoms with Crippen LogP contribution in [-0.2, 0) is 19.0 Å². The Labute approximate surface area is 201 Å². The van der Waals surface area contributed by atoms with Gasteiger partial charge in [-0.25, -0.2) is 0 Å². The van der Waals surface area contributed by atoms with E-state index >= 15 is 0 Å². The van der Waals surface area contributed by atoms with E-state index in [0.717, 1.165) is 0 Å². The van der Waals surface area contributed by atoms with Crippen molar-refractivity contribution < 1.29 is 49.0 Å². The van der Waals surface area contributed by atoms with Gasteiger partial charge >= 0.3 is 11.9 Å². The van der Waals surface area contributed by atoms with Crippen molar-refractivity contribution >= 4 is 17.6 Å². The number of esters is 1. The van der Waals surface area contributed by atoms with E-state index in [2.05, 4.69) is 5.32 Å². The summed E-state index contributed by atoms with van der Waals surface area (Å²) in [7, 11) is 1.47. The summed E-state index contributed by atoms with van der Waals surface area (Å²) in [6.07, 6.45) is -2.63. The summed E-state index contributed by atoms with van der Waals surface area (Å²) in [5.41, 5.74) is -0.130. The number of nitrogens with one attached hydrogen (secondary N) is 1. The van der Waals surface area contributed by atoms with E-state index in [9.17, 15) is 30.0 Å². The number of aliphatic hydroxyl groups excluding tert-OH is 4. The Balaban J connectivity index is 1.73. The number of ether oxygens (including phenoxy) is 4. The average molecular weight is 492 g/mol. The van der Waals surface area contributed by atoms with Crippen LogP contribution in [0, 0.1) is 5.92 Å². The summed E-state index contributed by atoms with van der Waals surface area (Å²) < 4.78 is 21.7. The van der Waals surface area contributed by atoms with Crippen molar-refractivity contribution in [3.63, 3.8) is 0 Å². The minimum Gasteiger partial charge on any atom is -0.503 e.